The number of aromatic nitrogens is 3. The molecule has 0 aromatic carbocycles. The van der Waals surface area contributed by atoms with Crippen LogP contribution in [0.4, 0.5) is 13.2 Å². The van der Waals surface area contributed by atoms with Gasteiger partial charge in [0.05, 0.1) is 13.0 Å². The Morgan fingerprint density at radius 1 is 1.53 bits per heavy atom. The SMILES string of the molecule is O=C(O)Cc1ncn(CCC(F)(F)F)n1. The van der Waals surface area contributed by atoms with Gasteiger partial charge in [-0.1, -0.05) is 0 Å². The van der Waals surface area contributed by atoms with Gasteiger partial charge in [-0.3, -0.25) is 9.48 Å². The summed E-state index contributed by atoms with van der Waals surface area (Å²) in [7, 11) is 0. The van der Waals surface area contributed by atoms with Gasteiger partial charge >= 0.3 is 12.1 Å². The number of rotatable bonds is 4. The summed E-state index contributed by atoms with van der Waals surface area (Å²) in [6, 6.07) is 0. The maximum atomic E-state index is 11.8. The number of alkyl halides is 3. The lowest BCUT2D eigenvalue weighted by molar-refractivity contribution is -0.138. The first-order valence-electron chi connectivity index (χ1n) is 4.04. The number of carboxylic acids is 1. The lowest BCUT2D eigenvalue weighted by Crippen LogP contribution is -2.13. The van der Waals surface area contributed by atoms with E-state index in [-0.39, 0.29) is 18.8 Å². The molecule has 1 N–H and O–H groups in total. The minimum atomic E-state index is -4.25. The Labute approximate surface area is 82.5 Å². The molecule has 1 heterocycles. The molecular weight excluding hydrogens is 215 g/mol. The van der Waals surface area contributed by atoms with Gasteiger partial charge in [-0.15, -0.1) is 0 Å². The van der Waals surface area contributed by atoms with Crippen LogP contribution in [0.15, 0.2) is 6.33 Å². The molecule has 15 heavy (non-hydrogen) atoms. The maximum Gasteiger partial charge on any atom is 0.390 e. The standard InChI is InChI=1S/C7H8F3N3O2/c8-7(9,10)1-2-13-4-11-5(12-13)3-6(14)15/h4H,1-3H2,(H,14,15). The Kier molecular flexibility index (Phi) is 3.28. The molecule has 0 radical (unpaired) electrons. The fraction of sp³-hybridized carbons (Fsp3) is 0.571. The van der Waals surface area contributed by atoms with Crippen LogP contribution in [0.1, 0.15) is 12.2 Å². The minimum absolute atomic E-state index is 0.00433. The summed E-state index contributed by atoms with van der Waals surface area (Å²) in [5, 5.41) is 11.9. The summed E-state index contributed by atoms with van der Waals surface area (Å²) in [6.07, 6.45) is -4.56. The Bertz CT molecular complexity index is 347. The third kappa shape index (κ3) is 4.43. The summed E-state index contributed by atoms with van der Waals surface area (Å²) in [6.45, 7) is -0.351. The zero-order chi connectivity index (χ0) is 11.5. The van der Waals surface area contributed by atoms with Gasteiger partial charge in [0.2, 0.25) is 0 Å². The van der Waals surface area contributed by atoms with Crippen LogP contribution in [0.3, 0.4) is 0 Å². The molecule has 0 saturated carbocycles. The Hall–Kier alpha value is -1.60. The second-order valence-corrected chi connectivity index (χ2v) is 2.86. The third-order valence-electron chi connectivity index (χ3n) is 1.52. The summed E-state index contributed by atoms with van der Waals surface area (Å²) >= 11 is 0. The normalized spacial score (nSPS) is 11.7. The fourth-order valence-electron chi connectivity index (χ4n) is 0.899. The van der Waals surface area contributed by atoms with Gasteiger partial charge in [-0.25, -0.2) is 4.98 Å². The molecule has 0 atom stereocenters. The molecule has 0 bridgehead atoms. The topological polar surface area (TPSA) is 68.0 Å². The van der Waals surface area contributed by atoms with E-state index in [4.69, 9.17) is 5.11 Å². The van der Waals surface area contributed by atoms with Crippen LogP contribution in [0.5, 0.6) is 0 Å². The molecule has 5 nitrogen and oxygen atoms in total. The lowest BCUT2D eigenvalue weighted by atomic mass is 10.4. The second kappa shape index (κ2) is 4.28. The van der Waals surface area contributed by atoms with Crippen LogP contribution in [-0.2, 0) is 17.8 Å². The van der Waals surface area contributed by atoms with Crippen LogP contribution < -0.4 is 0 Å². The summed E-state index contributed by atoms with van der Waals surface area (Å²) in [5.74, 6) is -1.12. The van der Waals surface area contributed by atoms with Gasteiger partial charge in [0.15, 0.2) is 5.82 Å². The van der Waals surface area contributed by atoms with Crippen molar-refractivity contribution in [2.45, 2.75) is 25.6 Å². The van der Waals surface area contributed by atoms with Crippen molar-refractivity contribution in [1.82, 2.24) is 14.8 Å². The molecule has 0 aliphatic carbocycles. The number of hydrogen-bond acceptors (Lipinski definition) is 3. The number of aryl methyl sites for hydroxylation is 1. The average Bonchev–Trinajstić information content (AvgIpc) is 2.46. The summed E-state index contributed by atoms with van der Waals surface area (Å²) in [5.41, 5.74) is 0. The molecule has 84 valence electrons. The van der Waals surface area contributed by atoms with Crippen LogP contribution in [0, 0.1) is 0 Å². The maximum absolute atomic E-state index is 11.8. The van der Waals surface area contributed by atoms with Gasteiger partial charge in [-0.2, -0.15) is 18.3 Å². The average molecular weight is 223 g/mol. The first-order chi connectivity index (χ1) is 6.87. The highest BCUT2D eigenvalue weighted by Crippen LogP contribution is 2.19. The van der Waals surface area contributed by atoms with Crippen molar-refractivity contribution in [1.29, 1.82) is 0 Å². The van der Waals surface area contributed by atoms with E-state index < -0.39 is 18.6 Å². The zero-order valence-corrected chi connectivity index (χ0v) is 7.53. The van der Waals surface area contributed by atoms with E-state index in [0.717, 1.165) is 11.0 Å². The Morgan fingerprint density at radius 3 is 2.73 bits per heavy atom. The first kappa shape index (κ1) is 11.5. The predicted molar refractivity (Wildman–Crippen MR) is 42.0 cm³/mol. The molecule has 0 saturated heterocycles. The Morgan fingerprint density at radius 2 is 2.20 bits per heavy atom. The molecule has 0 aliphatic heterocycles. The molecule has 1 rings (SSSR count). The van der Waals surface area contributed by atoms with Gasteiger partial charge < -0.3 is 5.11 Å². The van der Waals surface area contributed by atoms with Crippen LogP contribution in [0.2, 0.25) is 0 Å². The molecule has 0 aliphatic rings. The molecule has 0 spiro atoms. The van der Waals surface area contributed by atoms with E-state index >= 15 is 0 Å². The van der Waals surface area contributed by atoms with Gasteiger partial charge in [-0.05, 0) is 0 Å². The lowest BCUT2D eigenvalue weighted by Gasteiger charge is -2.04. The Balaban J connectivity index is 2.50. The van der Waals surface area contributed by atoms with E-state index in [2.05, 4.69) is 10.1 Å². The van der Waals surface area contributed by atoms with E-state index in [0.29, 0.717) is 0 Å². The largest absolute Gasteiger partial charge is 0.481 e. The van der Waals surface area contributed by atoms with Crippen molar-refractivity contribution >= 4 is 5.97 Å². The van der Waals surface area contributed by atoms with E-state index in [1.54, 1.807) is 0 Å². The van der Waals surface area contributed by atoms with E-state index in [9.17, 15) is 18.0 Å². The van der Waals surface area contributed by atoms with Crippen molar-refractivity contribution in [2.75, 3.05) is 0 Å². The second-order valence-electron chi connectivity index (χ2n) is 2.86. The smallest absolute Gasteiger partial charge is 0.390 e. The number of halogens is 3. The van der Waals surface area contributed by atoms with Gasteiger partial charge in [0.1, 0.15) is 12.7 Å². The number of hydrogen-bond donors (Lipinski definition) is 1. The van der Waals surface area contributed by atoms with Gasteiger partial charge in [0, 0.05) is 0 Å². The zero-order valence-electron chi connectivity index (χ0n) is 7.53. The highest BCUT2D eigenvalue weighted by molar-refractivity contribution is 5.68. The molecule has 0 fully saturated rings. The summed E-state index contributed by atoms with van der Waals surface area (Å²) in [4.78, 5) is 13.8. The number of aliphatic carboxylic acids is 1. The monoisotopic (exact) mass is 223 g/mol. The molecule has 1 aromatic rings. The van der Waals surface area contributed by atoms with Gasteiger partial charge in [0.25, 0.3) is 0 Å². The van der Waals surface area contributed by atoms with E-state index in [1.165, 1.54) is 0 Å². The van der Waals surface area contributed by atoms with Crippen LogP contribution in [0.25, 0.3) is 0 Å². The molecule has 8 heteroatoms. The van der Waals surface area contributed by atoms with Crippen LogP contribution in [-0.4, -0.2) is 32.0 Å². The molecule has 0 unspecified atom stereocenters. The number of carboxylic acid groups (broad SMARTS) is 1. The minimum Gasteiger partial charge on any atom is -0.481 e. The van der Waals surface area contributed by atoms with Crippen molar-refractivity contribution < 1.29 is 23.1 Å². The number of carbonyl (C=O) groups is 1. The molecule has 0 amide bonds. The highest BCUT2D eigenvalue weighted by atomic mass is 19.4. The molecular formula is C7H8F3N3O2. The van der Waals surface area contributed by atoms with Crippen molar-refractivity contribution in [3.8, 4) is 0 Å². The van der Waals surface area contributed by atoms with Crippen molar-refractivity contribution in [3.63, 3.8) is 0 Å². The first-order valence-corrected chi connectivity index (χ1v) is 4.04. The number of nitrogens with zero attached hydrogens (tertiary/aromatic N) is 3. The highest BCUT2D eigenvalue weighted by Gasteiger charge is 2.26. The van der Waals surface area contributed by atoms with E-state index in [1.807, 2.05) is 0 Å². The summed E-state index contributed by atoms with van der Waals surface area (Å²) < 4.78 is 36.4. The predicted octanol–water partition coefficient (Wildman–Crippen LogP) is 0.858. The fourth-order valence-corrected chi connectivity index (χ4v) is 0.899. The molecule has 1 aromatic heterocycles. The van der Waals surface area contributed by atoms with Crippen molar-refractivity contribution in [2.24, 2.45) is 0 Å². The van der Waals surface area contributed by atoms with Crippen molar-refractivity contribution in [3.05, 3.63) is 12.2 Å². The quantitative estimate of drug-likeness (QED) is 0.821. The third-order valence-corrected chi connectivity index (χ3v) is 1.52. The van der Waals surface area contributed by atoms with Crippen LogP contribution >= 0.6 is 0 Å².